The van der Waals surface area contributed by atoms with Gasteiger partial charge in [-0.15, -0.1) is 0 Å². The fourth-order valence-electron chi connectivity index (χ4n) is 0.904. The van der Waals surface area contributed by atoms with E-state index >= 15 is 0 Å². The molecule has 0 aromatic carbocycles. The van der Waals surface area contributed by atoms with Crippen molar-refractivity contribution in [1.29, 1.82) is 0 Å². The lowest BCUT2D eigenvalue weighted by Gasteiger charge is -2.18. The molecule has 0 saturated heterocycles. The van der Waals surface area contributed by atoms with E-state index in [1.807, 2.05) is 39.8 Å². The Morgan fingerprint density at radius 1 is 1.44 bits per heavy atom. The van der Waals surface area contributed by atoms with Gasteiger partial charge in [-0.2, -0.15) is 0 Å². The van der Waals surface area contributed by atoms with Gasteiger partial charge in [0.25, 0.3) is 0 Å². The Balaban J connectivity index is 2.89. The Morgan fingerprint density at radius 3 is 2.50 bits per heavy atom. The summed E-state index contributed by atoms with van der Waals surface area (Å²) in [7, 11) is 0. The highest BCUT2D eigenvalue weighted by molar-refractivity contribution is 9.10. The van der Waals surface area contributed by atoms with Crippen LogP contribution in [0.2, 0.25) is 0 Å². The molecule has 0 aliphatic heterocycles. The molecule has 0 radical (unpaired) electrons. The van der Waals surface area contributed by atoms with E-state index in [1.54, 1.807) is 6.20 Å². The van der Waals surface area contributed by atoms with Crippen LogP contribution in [0.1, 0.15) is 33.3 Å². The predicted molar refractivity (Wildman–Crippen MR) is 72.0 cm³/mol. The predicted octanol–water partition coefficient (Wildman–Crippen LogP) is 3.12. The second-order valence-electron chi connectivity index (χ2n) is 4.41. The molecule has 1 atom stereocenters. The van der Waals surface area contributed by atoms with E-state index in [1.165, 1.54) is 0 Å². The second kappa shape index (κ2) is 5.29. The van der Waals surface area contributed by atoms with Crippen molar-refractivity contribution >= 4 is 33.0 Å². The highest BCUT2D eigenvalue weighted by Crippen LogP contribution is 2.18. The zero-order valence-corrected chi connectivity index (χ0v) is 12.2. The molecule has 1 heterocycles. The second-order valence-corrected chi connectivity index (χ2v) is 7.13. The minimum atomic E-state index is -1.22. The summed E-state index contributed by atoms with van der Waals surface area (Å²) in [5.41, 5.74) is 1.63. The molecule has 0 aliphatic carbocycles. The van der Waals surface area contributed by atoms with Gasteiger partial charge >= 0.3 is 0 Å². The molecule has 0 amide bonds. The van der Waals surface area contributed by atoms with Crippen LogP contribution in [0.4, 0.5) is 0 Å². The van der Waals surface area contributed by atoms with E-state index in [-0.39, 0.29) is 4.75 Å². The third-order valence-electron chi connectivity index (χ3n) is 1.89. The first-order chi connectivity index (χ1) is 7.30. The maximum absolute atomic E-state index is 11.8. The van der Waals surface area contributed by atoms with Crippen LogP contribution < -0.4 is 0 Å². The van der Waals surface area contributed by atoms with E-state index in [0.29, 0.717) is 0 Å². The molecular weight excluding hydrogens is 288 g/mol. The molecule has 5 heteroatoms. The summed E-state index contributed by atoms with van der Waals surface area (Å²) in [5.74, 6) is 0. The van der Waals surface area contributed by atoms with Crippen molar-refractivity contribution < 1.29 is 4.55 Å². The van der Waals surface area contributed by atoms with Crippen LogP contribution in [0.15, 0.2) is 27.3 Å². The molecule has 0 spiro atoms. The van der Waals surface area contributed by atoms with Crippen LogP contribution in [0.5, 0.6) is 0 Å². The van der Waals surface area contributed by atoms with Crippen LogP contribution in [0, 0.1) is 0 Å². The molecule has 1 aromatic heterocycles. The van der Waals surface area contributed by atoms with Crippen molar-refractivity contribution in [2.45, 2.75) is 32.4 Å². The van der Waals surface area contributed by atoms with E-state index < -0.39 is 11.4 Å². The maximum atomic E-state index is 11.8. The number of hydrogen-bond acceptors (Lipinski definition) is 3. The Hall–Kier alpha value is -0.390. The average Bonchev–Trinajstić information content (AvgIpc) is 2.17. The molecule has 0 N–H and O–H groups in total. The molecule has 1 aromatic rings. The van der Waals surface area contributed by atoms with Crippen LogP contribution >= 0.6 is 15.9 Å². The van der Waals surface area contributed by atoms with Gasteiger partial charge in [0.1, 0.15) is 20.7 Å². The van der Waals surface area contributed by atoms with Crippen molar-refractivity contribution in [3.63, 3.8) is 0 Å². The highest BCUT2D eigenvalue weighted by Gasteiger charge is 2.26. The summed E-state index contributed by atoms with van der Waals surface area (Å²) in [4.78, 5) is 4.11. The lowest BCUT2D eigenvalue weighted by Crippen LogP contribution is -2.26. The van der Waals surface area contributed by atoms with Gasteiger partial charge in [-0.3, -0.25) is 0 Å². The number of nitrogens with zero attached hydrogens (tertiary/aromatic N) is 2. The van der Waals surface area contributed by atoms with Crippen molar-refractivity contribution in [2.75, 3.05) is 0 Å². The number of halogens is 1. The highest BCUT2D eigenvalue weighted by atomic mass is 79.9. The average molecular weight is 303 g/mol. The molecule has 0 unspecified atom stereocenters. The van der Waals surface area contributed by atoms with Gasteiger partial charge in [-0.05, 0) is 55.8 Å². The normalized spacial score (nSPS) is 15.0. The van der Waals surface area contributed by atoms with E-state index in [4.69, 9.17) is 0 Å². The standard InChI is InChI=1S/C11H15BrN2OS/c1-8(14-16(15)11(2,3)4)9-5-6-10(12)13-7-9/h5-7H,1-4H3/b14-8+/t16-/m1/s1. The number of pyridine rings is 1. The lowest BCUT2D eigenvalue weighted by atomic mass is 10.2. The van der Waals surface area contributed by atoms with Gasteiger partial charge in [-0.1, -0.05) is 4.40 Å². The van der Waals surface area contributed by atoms with Crippen LogP contribution in [-0.2, 0) is 11.4 Å². The van der Waals surface area contributed by atoms with Crippen molar-refractivity contribution in [3.05, 3.63) is 28.5 Å². The molecule has 1 rings (SSSR count). The number of rotatable bonds is 2. The summed E-state index contributed by atoms with van der Waals surface area (Å²) >= 11 is 2.04. The third-order valence-corrected chi connectivity index (χ3v) is 3.85. The lowest BCUT2D eigenvalue weighted by molar-refractivity contribution is 0.561. The van der Waals surface area contributed by atoms with Crippen molar-refractivity contribution in [1.82, 2.24) is 4.98 Å². The van der Waals surface area contributed by atoms with Gasteiger partial charge in [-0.25, -0.2) is 4.98 Å². The molecule has 0 aliphatic rings. The van der Waals surface area contributed by atoms with E-state index in [0.717, 1.165) is 15.9 Å². The zero-order chi connectivity index (χ0) is 12.3. The summed E-state index contributed by atoms with van der Waals surface area (Å²) in [6, 6.07) is 3.74. The van der Waals surface area contributed by atoms with E-state index in [9.17, 15) is 4.55 Å². The molecule has 0 saturated carbocycles. The number of hydrogen-bond donors (Lipinski definition) is 0. The van der Waals surface area contributed by atoms with Crippen molar-refractivity contribution in [3.8, 4) is 0 Å². The first-order valence-electron chi connectivity index (χ1n) is 4.90. The number of aromatic nitrogens is 1. The van der Waals surface area contributed by atoms with Crippen molar-refractivity contribution in [2.24, 2.45) is 4.40 Å². The minimum absolute atomic E-state index is 0.329. The quantitative estimate of drug-likeness (QED) is 0.479. The van der Waals surface area contributed by atoms with Crippen LogP contribution in [0.3, 0.4) is 0 Å². The van der Waals surface area contributed by atoms with Gasteiger partial charge in [0.05, 0.1) is 5.71 Å². The van der Waals surface area contributed by atoms with E-state index in [2.05, 4.69) is 25.3 Å². The Labute approximate surface area is 108 Å². The summed E-state index contributed by atoms with van der Waals surface area (Å²) < 4.78 is 16.4. The molecule has 0 fully saturated rings. The SMILES string of the molecule is C/C(=N\[S@+]([O-])C(C)(C)C)c1ccc(Br)nc1. The smallest absolute Gasteiger partial charge is 0.144 e. The Bertz CT molecular complexity index is 384. The van der Waals surface area contributed by atoms with Crippen LogP contribution in [0.25, 0.3) is 0 Å². The fourth-order valence-corrected chi connectivity index (χ4v) is 1.77. The molecular formula is C11H15BrN2OS. The fraction of sp³-hybridized carbons (Fsp3) is 0.455. The summed E-state index contributed by atoms with van der Waals surface area (Å²) in [6.07, 6.45) is 1.71. The topological polar surface area (TPSA) is 48.3 Å². The van der Waals surface area contributed by atoms with Gasteiger partial charge in [0, 0.05) is 11.8 Å². The third kappa shape index (κ3) is 3.88. The molecule has 16 heavy (non-hydrogen) atoms. The van der Waals surface area contributed by atoms with Crippen LogP contribution in [-0.4, -0.2) is 20.0 Å². The monoisotopic (exact) mass is 302 g/mol. The zero-order valence-electron chi connectivity index (χ0n) is 9.82. The Morgan fingerprint density at radius 2 is 2.06 bits per heavy atom. The first kappa shape index (κ1) is 13.7. The minimum Gasteiger partial charge on any atom is -0.591 e. The largest absolute Gasteiger partial charge is 0.591 e. The molecule has 3 nitrogen and oxygen atoms in total. The van der Waals surface area contributed by atoms with Gasteiger partial charge in [0.2, 0.25) is 0 Å². The summed E-state index contributed by atoms with van der Waals surface area (Å²) in [5, 5.41) is 0. The van der Waals surface area contributed by atoms with Gasteiger partial charge in [0.15, 0.2) is 0 Å². The Kier molecular flexibility index (Phi) is 4.52. The first-order valence-corrected chi connectivity index (χ1v) is 6.80. The summed E-state index contributed by atoms with van der Waals surface area (Å²) in [6.45, 7) is 7.55. The maximum Gasteiger partial charge on any atom is 0.144 e. The molecule has 0 bridgehead atoms. The van der Waals surface area contributed by atoms with Gasteiger partial charge < -0.3 is 4.55 Å². The molecule has 88 valence electrons.